The fraction of sp³-hybridized carbons (Fsp3) is 0.320. The van der Waals surface area contributed by atoms with E-state index in [0.717, 1.165) is 5.56 Å². The number of alkyl halides is 3. The molecule has 3 rings (SSSR count). The maximum Gasteiger partial charge on any atom is 0.573 e. The Morgan fingerprint density at radius 2 is 1.65 bits per heavy atom. The lowest BCUT2D eigenvalue weighted by Gasteiger charge is -2.20. The second-order valence-corrected chi connectivity index (χ2v) is 8.30. The number of aromatic nitrogens is 1. The molecule has 0 atom stereocenters. The van der Waals surface area contributed by atoms with Gasteiger partial charge in [-0.25, -0.2) is 0 Å². The molecule has 0 spiro atoms. The van der Waals surface area contributed by atoms with Crippen molar-refractivity contribution in [2.24, 2.45) is 0 Å². The van der Waals surface area contributed by atoms with Crippen LogP contribution in [-0.2, 0) is 13.0 Å². The zero-order valence-corrected chi connectivity index (χ0v) is 19.1. The monoisotopic (exact) mass is 477 g/mol. The van der Waals surface area contributed by atoms with Crippen LogP contribution in [0, 0.1) is 0 Å². The van der Waals surface area contributed by atoms with Gasteiger partial charge in [0.1, 0.15) is 30.5 Å². The number of rotatable bonds is 9. The minimum Gasteiger partial charge on any atom is -0.490 e. The summed E-state index contributed by atoms with van der Waals surface area (Å²) >= 11 is 0. The first kappa shape index (κ1) is 25.2. The van der Waals surface area contributed by atoms with E-state index in [1.807, 2.05) is 13.0 Å². The maximum absolute atomic E-state index is 12.7. The van der Waals surface area contributed by atoms with Gasteiger partial charge in [0.05, 0.1) is 5.60 Å². The molecule has 1 heterocycles. The zero-order chi connectivity index (χ0) is 24.9. The Morgan fingerprint density at radius 1 is 0.941 bits per heavy atom. The number of halogens is 3. The first-order valence-electron chi connectivity index (χ1n) is 10.6. The molecule has 0 unspecified atom stereocenters. The van der Waals surface area contributed by atoms with Crippen molar-refractivity contribution < 1.29 is 32.5 Å². The fourth-order valence-electron chi connectivity index (χ4n) is 3.11. The van der Waals surface area contributed by atoms with E-state index in [0.29, 0.717) is 29.2 Å². The molecule has 0 saturated carbocycles. The summed E-state index contributed by atoms with van der Waals surface area (Å²) in [6.07, 6.45) is -2.48. The Hall–Kier alpha value is -3.46. The molecule has 0 radical (unpaired) electrons. The van der Waals surface area contributed by atoms with E-state index in [9.17, 15) is 23.1 Å². The largest absolute Gasteiger partial charge is 0.573 e. The lowest BCUT2D eigenvalue weighted by Crippen LogP contribution is -2.28. The Labute approximate surface area is 195 Å². The van der Waals surface area contributed by atoms with Crippen molar-refractivity contribution in [1.29, 1.82) is 0 Å². The molecule has 2 aromatic carbocycles. The SMILES string of the molecule is CCc1cc(-n2ccc(OCc3ccc(OC(F)(F)F)cc3)cc2=O)ccc1OCC(C)(C)O. The molecule has 1 aromatic heterocycles. The summed E-state index contributed by atoms with van der Waals surface area (Å²) in [5.74, 6) is 0.660. The van der Waals surface area contributed by atoms with Crippen molar-refractivity contribution in [3.8, 4) is 22.9 Å². The molecule has 0 aliphatic rings. The summed E-state index contributed by atoms with van der Waals surface area (Å²) in [7, 11) is 0. The lowest BCUT2D eigenvalue weighted by molar-refractivity contribution is -0.274. The highest BCUT2D eigenvalue weighted by atomic mass is 19.4. The van der Waals surface area contributed by atoms with Gasteiger partial charge in [-0.05, 0) is 67.8 Å². The number of aliphatic hydroxyl groups is 1. The first-order chi connectivity index (χ1) is 15.9. The Morgan fingerprint density at radius 3 is 2.24 bits per heavy atom. The van der Waals surface area contributed by atoms with Crippen LogP contribution in [0.1, 0.15) is 31.9 Å². The van der Waals surface area contributed by atoms with Gasteiger partial charge < -0.3 is 19.3 Å². The molecule has 0 amide bonds. The van der Waals surface area contributed by atoms with Gasteiger partial charge in [0, 0.05) is 18.0 Å². The van der Waals surface area contributed by atoms with Crippen LogP contribution in [0.5, 0.6) is 17.2 Å². The normalized spacial score (nSPS) is 11.9. The van der Waals surface area contributed by atoms with Gasteiger partial charge in [-0.15, -0.1) is 13.2 Å². The topological polar surface area (TPSA) is 69.9 Å². The summed E-state index contributed by atoms with van der Waals surface area (Å²) in [6, 6.07) is 13.7. The predicted molar refractivity (Wildman–Crippen MR) is 121 cm³/mol. The average Bonchev–Trinajstić information content (AvgIpc) is 2.75. The Bertz CT molecular complexity index is 1160. The molecule has 0 fully saturated rings. The van der Waals surface area contributed by atoms with E-state index in [1.54, 1.807) is 38.2 Å². The number of pyridine rings is 1. The highest BCUT2D eigenvalue weighted by molar-refractivity contribution is 5.45. The number of ether oxygens (including phenoxy) is 3. The van der Waals surface area contributed by atoms with Gasteiger partial charge in [-0.1, -0.05) is 19.1 Å². The summed E-state index contributed by atoms with van der Waals surface area (Å²) in [4.78, 5) is 12.7. The second-order valence-electron chi connectivity index (χ2n) is 8.30. The number of aryl methyl sites for hydroxylation is 1. The number of hydrogen-bond acceptors (Lipinski definition) is 5. The van der Waals surface area contributed by atoms with Gasteiger partial charge in [-0.2, -0.15) is 0 Å². The van der Waals surface area contributed by atoms with Crippen LogP contribution in [-0.4, -0.2) is 28.2 Å². The van der Waals surface area contributed by atoms with Crippen LogP contribution in [0.15, 0.2) is 65.6 Å². The van der Waals surface area contributed by atoms with E-state index in [1.165, 1.54) is 34.9 Å². The summed E-state index contributed by atoms with van der Waals surface area (Å²) in [6.45, 7) is 5.51. The molecular weight excluding hydrogens is 451 g/mol. The molecule has 9 heteroatoms. The van der Waals surface area contributed by atoms with E-state index >= 15 is 0 Å². The van der Waals surface area contributed by atoms with Crippen molar-refractivity contribution in [1.82, 2.24) is 4.57 Å². The summed E-state index contributed by atoms with van der Waals surface area (Å²) in [5.41, 5.74) is 0.901. The fourth-order valence-corrected chi connectivity index (χ4v) is 3.11. The van der Waals surface area contributed by atoms with Gasteiger partial charge >= 0.3 is 6.36 Å². The van der Waals surface area contributed by atoms with Gasteiger partial charge in [0.15, 0.2) is 0 Å². The first-order valence-corrected chi connectivity index (χ1v) is 10.6. The van der Waals surface area contributed by atoms with Crippen LogP contribution < -0.4 is 19.8 Å². The van der Waals surface area contributed by atoms with Crippen LogP contribution in [0.25, 0.3) is 5.69 Å². The van der Waals surface area contributed by atoms with Crippen molar-refractivity contribution in [2.45, 2.75) is 45.8 Å². The third-order valence-electron chi connectivity index (χ3n) is 4.74. The Kier molecular flexibility index (Phi) is 7.56. The van der Waals surface area contributed by atoms with Crippen molar-refractivity contribution >= 4 is 0 Å². The Balaban J connectivity index is 1.68. The molecule has 0 aliphatic heterocycles. The lowest BCUT2D eigenvalue weighted by atomic mass is 10.1. The number of benzene rings is 2. The summed E-state index contributed by atoms with van der Waals surface area (Å²) in [5, 5.41) is 9.88. The standard InChI is InChI=1S/C25H26F3NO5/c1-4-18-13-19(7-10-22(18)33-16-24(2,3)31)29-12-11-21(14-23(29)30)32-15-17-5-8-20(9-6-17)34-25(26,27)28/h5-14,31H,4,15-16H2,1-3H3. The molecular formula is C25H26F3NO5. The molecule has 0 saturated heterocycles. The molecule has 6 nitrogen and oxygen atoms in total. The molecule has 1 N–H and O–H groups in total. The third-order valence-corrected chi connectivity index (χ3v) is 4.74. The molecule has 34 heavy (non-hydrogen) atoms. The molecule has 182 valence electrons. The second kappa shape index (κ2) is 10.2. The minimum absolute atomic E-state index is 0.0724. The van der Waals surface area contributed by atoms with Crippen LogP contribution in [0.3, 0.4) is 0 Å². The van der Waals surface area contributed by atoms with Crippen LogP contribution >= 0.6 is 0 Å². The van der Waals surface area contributed by atoms with E-state index in [2.05, 4.69) is 4.74 Å². The summed E-state index contributed by atoms with van der Waals surface area (Å²) < 4.78 is 53.4. The highest BCUT2D eigenvalue weighted by Crippen LogP contribution is 2.25. The molecule has 0 bridgehead atoms. The maximum atomic E-state index is 12.7. The van der Waals surface area contributed by atoms with Crippen molar-refractivity contribution in [3.63, 3.8) is 0 Å². The molecule has 0 aliphatic carbocycles. The minimum atomic E-state index is -4.75. The highest BCUT2D eigenvalue weighted by Gasteiger charge is 2.30. The number of nitrogens with zero attached hydrogens (tertiary/aromatic N) is 1. The predicted octanol–water partition coefficient (Wildman–Crippen LogP) is 5.03. The quantitative estimate of drug-likeness (QED) is 0.468. The van der Waals surface area contributed by atoms with E-state index in [4.69, 9.17) is 9.47 Å². The van der Waals surface area contributed by atoms with Gasteiger partial charge in [0.2, 0.25) is 0 Å². The zero-order valence-electron chi connectivity index (χ0n) is 19.1. The van der Waals surface area contributed by atoms with Crippen LogP contribution in [0.2, 0.25) is 0 Å². The van der Waals surface area contributed by atoms with Gasteiger partial charge in [0.25, 0.3) is 5.56 Å². The van der Waals surface area contributed by atoms with E-state index in [-0.39, 0.29) is 24.5 Å². The van der Waals surface area contributed by atoms with E-state index < -0.39 is 12.0 Å². The number of hydrogen-bond donors (Lipinski definition) is 1. The third kappa shape index (κ3) is 7.28. The average molecular weight is 477 g/mol. The molecule has 3 aromatic rings. The van der Waals surface area contributed by atoms with Crippen molar-refractivity contribution in [2.75, 3.05) is 6.61 Å². The van der Waals surface area contributed by atoms with Crippen LogP contribution in [0.4, 0.5) is 13.2 Å². The van der Waals surface area contributed by atoms with Crippen molar-refractivity contribution in [3.05, 3.63) is 82.3 Å². The smallest absolute Gasteiger partial charge is 0.490 e. The van der Waals surface area contributed by atoms with Gasteiger partial charge in [-0.3, -0.25) is 9.36 Å².